The second kappa shape index (κ2) is 46.8. The van der Waals surface area contributed by atoms with Gasteiger partial charge in [0.1, 0.15) is 23.1 Å². The van der Waals surface area contributed by atoms with Crippen LogP contribution in [0.3, 0.4) is 0 Å². The van der Waals surface area contributed by atoms with Crippen molar-refractivity contribution in [3.05, 3.63) is 233 Å². The van der Waals surface area contributed by atoms with Gasteiger partial charge in [-0.05, 0) is 298 Å². The number of amides is 2. The molecule has 0 spiro atoms. The Morgan fingerprint density at radius 2 is 0.741 bits per heavy atom. The Hall–Kier alpha value is -8.27. The van der Waals surface area contributed by atoms with Gasteiger partial charge in [-0.15, -0.1) is 0 Å². The molecule has 0 aromatic heterocycles. The molecule has 8 aromatic rings. The number of phenols is 1. The maximum atomic E-state index is 13.8. The van der Waals surface area contributed by atoms with E-state index in [1.165, 1.54) is 44.9 Å². The van der Waals surface area contributed by atoms with E-state index in [0.717, 1.165) is 139 Å². The molecule has 0 atom stereocenters. The predicted molar refractivity (Wildman–Crippen MR) is 448 cm³/mol. The van der Waals surface area contributed by atoms with Crippen LogP contribution in [-0.4, -0.2) is 119 Å². The van der Waals surface area contributed by atoms with Crippen LogP contribution in [0.2, 0.25) is 0 Å². The summed E-state index contributed by atoms with van der Waals surface area (Å²) in [7, 11) is -11.0. The number of carbonyl (C=O) groups is 2. The summed E-state index contributed by atoms with van der Waals surface area (Å²) in [5, 5.41) is 42.4. The number of ether oxygens (including phenoxy) is 2. The van der Waals surface area contributed by atoms with Gasteiger partial charge in [0.25, 0.3) is 30.4 Å². The molecule has 8 aromatic carbocycles. The molecule has 0 unspecified atom stereocenters. The number of hydrogen-bond acceptors (Lipinski definition) is 17. The van der Waals surface area contributed by atoms with Gasteiger partial charge in [-0.1, -0.05) is 134 Å². The van der Waals surface area contributed by atoms with E-state index >= 15 is 0 Å². The van der Waals surface area contributed by atoms with E-state index in [0.29, 0.717) is 82.5 Å². The Bertz CT molecular complexity index is 4550. The Kier molecular flexibility index (Phi) is 37.6. The van der Waals surface area contributed by atoms with Crippen LogP contribution < -0.4 is 15.4 Å². The maximum Gasteiger partial charge on any atom is 0.297 e. The fraction of sp³-hybridized carbons (Fsp3) is 0.457. The second-order valence-corrected chi connectivity index (χ2v) is 35.9. The molecule has 5 aliphatic carbocycles. The average molecular weight is 1660 g/mol. The van der Waals surface area contributed by atoms with E-state index in [4.69, 9.17) is 32.2 Å². The summed E-state index contributed by atoms with van der Waals surface area (Å²) in [4.78, 5) is 22.7. The molecule has 0 aliphatic heterocycles. The molecule has 13 rings (SSSR count). The zero-order chi connectivity index (χ0) is 83.8. The van der Waals surface area contributed by atoms with Gasteiger partial charge in [0.15, 0.2) is 0 Å². The SMILES string of the molecule is CC(=O)NCCc1ccc(O)cc1-c1cccc(F)c1.CC(=O)NCCc1ccc(OC2CCC(C)CC2)cc1-c1cccc(F)c1.Cc1ccc(S(=O)(=O)OC2CCC(C)CC2)cc1.Cc1ccc(S(=O)(=O)OC2CCC(O)CC2)cc1.Cc1ccc(S(=O)(=O)OC2CCC(OCc3ccccc3)CC2)cc1.OC1CCC(O)CC1. The number of carbonyl (C=O) groups excluding carboxylic acids is 2. The number of aryl methyl sites for hydroxylation is 3. The number of benzene rings is 8. The smallest absolute Gasteiger partial charge is 0.297 e. The number of aromatic hydroxyl groups is 1. The summed E-state index contributed by atoms with van der Waals surface area (Å²) in [6.07, 6.45) is 17.3. The van der Waals surface area contributed by atoms with Gasteiger partial charge >= 0.3 is 0 Å². The van der Waals surface area contributed by atoms with Crippen LogP contribution >= 0.6 is 0 Å². The average Bonchev–Trinajstić information content (AvgIpc) is 0.836. The number of phenolic OH excluding ortho intramolecular Hbond substituents is 1. The lowest BCUT2D eigenvalue weighted by molar-refractivity contribution is -0.119. The van der Waals surface area contributed by atoms with Crippen molar-refractivity contribution in [2.45, 2.75) is 260 Å². The molecular formula is C92H118F2N2O17S3. The Morgan fingerprint density at radius 1 is 0.397 bits per heavy atom. The molecule has 5 fully saturated rings. The van der Waals surface area contributed by atoms with Crippen molar-refractivity contribution in [2.24, 2.45) is 11.8 Å². The van der Waals surface area contributed by atoms with E-state index in [9.17, 15) is 53.8 Å². The molecular weight excluding hydrogens is 1540 g/mol. The third-order valence-electron chi connectivity index (χ3n) is 21.2. The van der Waals surface area contributed by atoms with Gasteiger partial charge < -0.3 is 40.5 Å². The van der Waals surface area contributed by atoms with E-state index in [2.05, 4.69) is 24.5 Å². The Balaban J connectivity index is 0.000000178. The van der Waals surface area contributed by atoms with Crippen molar-refractivity contribution in [2.75, 3.05) is 13.1 Å². The lowest BCUT2D eigenvalue weighted by atomic mass is 9.89. The highest BCUT2D eigenvalue weighted by Gasteiger charge is 2.30. The van der Waals surface area contributed by atoms with Crippen LogP contribution in [0.5, 0.6) is 11.5 Å². The normalized spacial score (nSPS) is 21.4. The monoisotopic (exact) mass is 1660 g/mol. The summed E-state index contributed by atoms with van der Waals surface area (Å²) in [5.41, 5.74) is 9.51. The molecule has 116 heavy (non-hydrogen) atoms. The highest BCUT2D eigenvalue weighted by atomic mass is 32.2. The standard InChI is InChI=1S/C23H28FNO2.C20H24O4S.C16H16FNO2.C14H20O3S.C13H18O4S.C6H12O2/c1-16-6-9-21(10-7-16)27-22-11-8-18(12-13-25-17(2)26)23(15-22)19-4-3-5-20(24)14-19;1-16-7-13-20(14-8-16)25(21,22)24-19-11-9-18(10-12-19)23-15-17-5-3-2-4-6-17;1-11(19)18-8-7-12-5-6-15(20)10-16(12)13-3-2-4-14(17)9-13;1-11-3-7-13(8-4-11)17-18(15,16)14-9-5-12(2)6-10-14;1-10-2-8-13(9-3-10)18(15,16)17-12-6-4-11(14)5-7-12;7-5-1-2-6(8)4-3-5/h3-5,8,11,14-16,21H,6-7,9-10,12-13H2,1-2H3,(H,25,26);2-8,13-14,18-19H,9-12,15H2,1H3;2-6,9-10,20H,7-8H2,1H3,(H,18,19);5-6,9-11,13H,3-4,7-8H2,1-2H3;2-3,8-9,11-12,14H,4-7H2,1H3;5-8H,1-4H2. The maximum absolute atomic E-state index is 13.8. The number of aliphatic hydroxyl groups is 3. The van der Waals surface area contributed by atoms with Gasteiger partial charge in [-0.2, -0.15) is 25.3 Å². The van der Waals surface area contributed by atoms with Crippen molar-refractivity contribution >= 4 is 42.2 Å². The van der Waals surface area contributed by atoms with Crippen LogP contribution in [-0.2, 0) is 76.7 Å². The molecule has 0 saturated heterocycles. The van der Waals surface area contributed by atoms with Crippen LogP contribution in [0.25, 0.3) is 22.3 Å². The fourth-order valence-corrected chi connectivity index (χ4v) is 17.6. The molecule has 19 nitrogen and oxygen atoms in total. The molecule has 5 aliphatic rings. The summed E-state index contributed by atoms with van der Waals surface area (Å²) in [5.74, 6) is 1.72. The summed E-state index contributed by atoms with van der Waals surface area (Å²) < 4.78 is 128. The largest absolute Gasteiger partial charge is 0.508 e. The topological polar surface area (TPSA) is 288 Å². The first-order chi connectivity index (χ1) is 55.3. The number of nitrogens with one attached hydrogen (secondary N) is 2. The molecule has 0 radical (unpaired) electrons. The van der Waals surface area contributed by atoms with E-state index in [-0.39, 0.29) is 92.7 Å². The third kappa shape index (κ3) is 32.9. The molecule has 6 N–H and O–H groups in total. The summed E-state index contributed by atoms with van der Waals surface area (Å²) >= 11 is 0. The lowest BCUT2D eigenvalue weighted by Gasteiger charge is -2.28. The minimum atomic E-state index is -3.69. The van der Waals surface area contributed by atoms with E-state index in [1.54, 1.807) is 115 Å². The highest BCUT2D eigenvalue weighted by Crippen LogP contribution is 2.35. The first kappa shape index (κ1) is 93.2. The van der Waals surface area contributed by atoms with Gasteiger partial charge in [-0.25, -0.2) is 8.78 Å². The second-order valence-electron chi connectivity index (χ2n) is 31.2. The van der Waals surface area contributed by atoms with Crippen molar-refractivity contribution in [3.63, 3.8) is 0 Å². The molecule has 5 saturated carbocycles. The molecule has 2 amide bonds. The minimum Gasteiger partial charge on any atom is -0.508 e. The van der Waals surface area contributed by atoms with Crippen LogP contribution in [0.15, 0.2) is 203 Å². The van der Waals surface area contributed by atoms with Crippen LogP contribution in [0.1, 0.15) is 189 Å². The summed E-state index contributed by atoms with van der Waals surface area (Å²) in [6.45, 7) is 14.9. The fourth-order valence-electron chi connectivity index (χ4n) is 14.2. The van der Waals surface area contributed by atoms with E-state index in [1.807, 2.05) is 75.4 Å². The van der Waals surface area contributed by atoms with Gasteiger partial charge in [-0.3, -0.25) is 22.1 Å². The van der Waals surface area contributed by atoms with Crippen molar-refractivity contribution < 1.29 is 86.1 Å². The minimum absolute atomic E-state index is 0.0474. The molecule has 0 bridgehead atoms. The number of aliphatic hydroxyl groups excluding tert-OH is 3. The third-order valence-corrected chi connectivity index (χ3v) is 25.3. The predicted octanol–water partition coefficient (Wildman–Crippen LogP) is 17.8. The number of halogens is 2. The quantitative estimate of drug-likeness (QED) is 0.0344. The van der Waals surface area contributed by atoms with Gasteiger partial charge in [0.05, 0.1) is 70.1 Å². The highest BCUT2D eigenvalue weighted by molar-refractivity contribution is 7.87. The first-order valence-corrected chi connectivity index (χ1v) is 44.9. The zero-order valence-electron chi connectivity index (χ0n) is 67.9. The summed E-state index contributed by atoms with van der Waals surface area (Å²) in [6, 6.07) is 54.1. The first-order valence-electron chi connectivity index (χ1n) is 40.6. The van der Waals surface area contributed by atoms with Crippen LogP contribution in [0, 0.1) is 44.2 Å². The van der Waals surface area contributed by atoms with Crippen molar-refractivity contribution in [1.29, 1.82) is 0 Å². The molecule has 0 heterocycles. The molecule has 630 valence electrons. The molecule has 24 heteroatoms. The van der Waals surface area contributed by atoms with Crippen molar-refractivity contribution in [3.8, 4) is 33.8 Å². The zero-order valence-corrected chi connectivity index (χ0v) is 70.4. The number of rotatable bonds is 22. The Labute approximate surface area is 686 Å². The Morgan fingerprint density at radius 3 is 1.13 bits per heavy atom. The van der Waals surface area contributed by atoms with E-state index < -0.39 is 30.4 Å². The lowest BCUT2D eigenvalue weighted by Crippen LogP contribution is -2.28. The number of hydrogen-bond donors (Lipinski definition) is 6. The van der Waals surface area contributed by atoms with Gasteiger partial charge in [0, 0.05) is 26.9 Å². The van der Waals surface area contributed by atoms with Crippen LogP contribution in [0.4, 0.5) is 8.78 Å². The van der Waals surface area contributed by atoms with Crippen molar-refractivity contribution in [1.82, 2.24) is 10.6 Å². The van der Waals surface area contributed by atoms with Gasteiger partial charge in [0.2, 0.25) is 11.8 Å².